The van der Waals surface area contributed by atoms with E-state index in [-0.39, 0.29) is 6.10 Å². The highest BCUT2D eigenvalue weighted by atomic mass is 16.5. The van der Waals surface area contributed by atoms with Gasteiger partial charge in [-0.25, -0.2) is 4.79 Å². The highest BCUT2D eigenvalue weighted by Gasteiger charge is 2.18. The van der Waals surface area contributed by atoms with E-state index in [4.69, 9.17) is 9.47 Å². The minimum absolute atomic E-state index is 0.167. The van der Waals surface area contributed by atoms with Gasteiger partial charge in [-0.15, -0.1) is 0 Å². The van der Waals surface area contributed by atoms with Crippen molar-refractivity contribution in [3.63, 3.8) is 0 Å². The van der Waals surface area contributed by atoms with Gasteiger partial charge < -0.3 is 19.3 Å². The quantitative estimate of drug-likeness (QED) is 0.773. The zero-order chi connectivity index (χ0) is 13.5. The van der Waals surface area contributed by atoms with Gasteiger partial charge in [-0.2, -0.15) is 0 Å². The third-order valence-electron chi connectivity index (χ3n) is 2.65. The Hall–Kier alpha value is -1.43. The van der Waals surface area contributed by atoms with Crippen LogP contribution >= 0.6 is 0 Å². The number of esters is 1. The average molecular weight is 254 g/mol. The number of hydrogen-bond acceptors (Lipinski definition) is 5. The molecule has 1 N–H and O–H groups in total. The highest BCUT2D eigenvalue weighted by Crippen LogP contribution is 2.20. The third-order valence-corrected chi connectivity index (χ3v) is 2.65. The van der Waals surface area contributed by atoms with Crippen LogP contribution in [0.4, 0.5) is 0 Å². The number of carbonyl (C=O) groups excluding carboxylic acids is 1. The van der Waals surface area contributed by atoms with Gasteiger partial charge in [0.05, 0.1) is 13.7 Å². The molecule has 0 aliphatic heterocycles. The first-order valence-electron chi connectivity index (χ1n) is 5.51. The Kier molecular flexibility index (Phi) is 5.77. The molecule has 100 valence electrons. The van der Waals surface area contributed by atoms with Crippen LogP contribution in [0.25, 0.3) is 0 Å². The third kappa shape index (κ3) is 3.53. The molecule has 0 aromatic heterocycles. The first kappa shape index (κ1) is 14.6. The number of ether oxygens (including phenoxy) is 3. The Balaban J connectivity index is 2.81. The van der Waals surface area contributed by atoms with Gasteiger partial charge in [-0.1, -0.05) is 24.3 Å². The van der Waals surface area contributed by atoms with Crippen LogP contribution in [0.1, 0.15) is 23.3 Å². The number of methoxy groups -OCH3 is 3. The summed E-state index contributed by atoms with van der Waals surface area (Å²) in [5.74, 6) is -0.678. The van der Waals surface area contributed by atoms with Crippen molar-refractivity contribution < 1.29 is 24.1 Å². The molecule has 1 rings (SSSR count). The van der Waals surface area contributed by atoms with E-state index >= 15 is 0 Å². The normalized spacial score (nSPS) is 14.0. The fourth-order valence-electron chi connectivity index (χ4n) is 1.59. The Morgan fingerprint density at radius 1 is 1.17 bits per heavy atom. The molecule has 0 saturated heterocycles. The van der Waals surface area contributed by atoms with Crippen LogP contribution in [0.15, 0.2) is 24.3 Å². The van der Waals surface area contributed by atoms with Crippen molar-refractivity contribution in [1.29, 1.82) is 0 Å². The summed E-state index contributed by atoms with van der Waals surface area (Å²) in [6.07, 6.45) is -1.42. The van der Waals surface area contributed by atoms with E-state index in [1.165, 1.54) is 7.11 Å². The van der Waals surface area contributed by atoms with Gasteiger partial charge in [0.1, 0.15) is 6.10 Å². The first-order chi connectivity index (χ1) is 8.63. The van der Waals surface area contributed by atoms with Gasteiger partial charge in [0, 0.05) is 14.2 Å². The van der Waals surface area contributed by atoms with Crippen molar-refractivity contribution in [3.05, 3.63) is 35.4 Å². The van der Waals surface area contributed by atoms with E-state index < -0.39 is 12.1 Å². The zero-order valence-electron chi connectivity index (χ0n) is 10.8. The molecule has 0 aliphatic carbocycles. The Bertz CT molecular complexity index is 373. The number of carbonyl (C=O) groups is 1. The Labute approximate surface area is 106 Å². The standard InChI is InChI=1S/C13H18O5/c1-16-8-11(17-2)9-4-6-10(7-5-9)12(14)13(15)18-3/h4-7,11-12,14H,8H2,1-3H3. The maximum absolute atomic E-state index is 11.2. The summed E-state index contributed by atoms with van der Waals surface area (Å²) in [4.78, 5) is 11.2. The molecule has 5 heteroatoms. The number of aliphatic hydroxyl groups is 1. The Morgan fingerprint density at radius 3 is 2.17 bits per heavy atom. The van der Waals surface area contributed by atoms with Crippen LogP contribution < -0.4 is 0 Å². The smallest absolute Gasteiger partial charge is 0.339 e. The van der Waals surface area contributed by atoms with Crippen LogP contribution in [0, 0.1) is 0 Å². The molecule has 18 heavy (non-hydrogen) atoms. The lowest BCUT2D eigenvalue weighted by Crippen LogP contribution is -2.14. The van der Waals surface area contributed by atoms with Gasteiger partial charge in [-0.05, 0) is 11.1 Å². The molecule has 5 nitrogen and oxygen atoms in total. The monoisotopic (exact) mass is 254 g/mol. The number of hydrogen-bond donors (Lipinski definition) is 1. The summed E-state index contributed by atoms with van der Waals surface area (Å²) in [6.45, 7) is 0.440. The lowest BCUT2D eigenvalue weighted by atomic mass is 10.0. The molecule has 2 unspecified atom stereocenters. The van der Waals surface area contributed by atoms with Gasteiger partial charge in [0.25, 0.3) is 0 Å². The molecule has 1 aromatic carbocycles. The van der Waals surface area contributed by atoms with E-state index in [1.54, 1.807) is 38.5 Å². The predicted molar refractivity (Wildman–Crippen MR) is 65.0 cm³/mol. The van der Waals surface area contributed by atoms with Gasteiger partial charge >= 0.3 is 5.97 Å². The van der Waals surface area contributed by atoms with Crippen molar-refractivity contribution in [2.45, 2.75) is 12.2 Å². The topological polar surface area (TPSA) is 65.0 Å². The van der Waals surface area contributed by atoms with Gasteiger partial charge in [0.15, 0.2) is 6.10 Å². The molecule has 0 heterocycles. The molecule has 1 aromatic rings. The first-order valence-corrected chi connectivity index (χ1v) is 5.51. The minimum atomic E-state index is -1.26. The summed E-state index contributed by atoms with van der Waals surface area (Å²) in [6, 6.07) is 6.90. The second-order valence-corrected chi connectivity index (χ2v) is 3.77. The molecule has 0 radical (unpaired) electrons. The summed E-state index contributed by atoms with van der Waals surface area (Å²) < 4.78 is 14.8. The van der Waals surface area contributed by atoms with E-state index in [1.807, 2.05) is 0 Å². The van der Waals surface area contributed by atoms with Gasteiger partial charge in [0.2, 0.25) is 0 Å². The minimum Gasteiger partial charge on any atom is -0.467 e. The maximum Gasteiger partial charge on any atom is 0.339 e. The lowest BCUT2D eigenvalue weighted by Gasteiger charge is -2.15. The Morgan fingerprint density at radius 2 is 1.72 bits per heavy atom. The molecule has 0 fully saturated rings. The summed E-state index contributed by atoms with van der Waals surface area (Å²) >= 11 is 0. The van der Waals surface area contributed by atoms with Crippen molar-refractivity contribution in [1.82, 2.24) is 0 Å². The predicted octanol–water partition coefficient (Wildman–Crippen LogP) is 1.23. The van der Waals surface area contributed by atoms with Crippen molar-refractivity contribution in [3.8, 4) is 0 Å². The van der Waals surface area contributed by atoms with E-state index in [0.717, 1.165) is 5.56 Å². The van der Waals surface area contributed by atoms with Crippen LogP contribution in [-0.2, 0) is 19.0 Å². The zero-order valence-corrected chi connectivity index (χ0v) is 10.8. The molecular formula is C13H18O5. The summed E-state index contributed by atoms with van der Waals surface area (Å²) in [5.41, 5.74) is 1.40. The number of aliphatic hydroxyl groups excluding tert-OH is 1. The number of benzene rings is 1. The molecule has 0 aliphatic rings. The maximum atomic E-state index is 11.2. The molecule has 2 atom stereocenters. The van der Waals surface area contributed by atoms with E-state index in [0.29, 0.717) is 12.2 Å². The fourth-order valence-corrected chi connectivity index (χ4v) is 1.59. The van der Waals surface area contributed by atoms with E-state index in [2.05, 4.69) is 4.74 Å². The van der Waals surface area contributed by atoms with Crippen molar-refractivity contribution in [2.24, 2.45) is 0 Å². The average Bonchev–Trinajstić information content (AvgIpc) is 2.43. The van der Waals surface area contributed by atoms with Crippen molar-refractivity contribution >= 4 is 5.97 Å². The molecule has 0 amide bonds. The molecule has 0 bridgehead atoms. The fraction of sp³-hybridized carbons (Fsp3) is 0.462. The molecule has 0 saturated carbocycles. The van der Waals surface area contributed by atoms with Crippen LogP contribution in [0.5, 0.6) is 0 Å². The van der Waals surface area contributed by atoms with Gasteiger partial charge in [-0.3, -0.25) is 0 Å². The van der Waals surface area contributed by atoms with Crippen LogP contribution in [0.2, 0.25) is 0 Å². The second kappa shape index (κ2) is 7.10. The summed E-state index contributed by atoms with van der Waals surface area (Å²) in [7, 11) is 4.43. The second-order valence-electron chi connectivity index (χ2n) is 3.77. The largest absolute Gasteiger partial charge is 0.467 e. The lowest BCUT2D eigenvalue weighted by molar-refractivity contribution is -0.150. The SMILES string of the molecule is COCC(OC)c1ccc(C(O)C(=O)OC)cc1. The highest BCUT2D eigenvalue weighted by molar-refractivity contribution is 5.76. The summed E-state index contributed by atoms with van der Waals surface area (Å²) in [5, 5.41) is 9.65. The number of rotatable bonds is 6. The molecule has 0 spiro atoms. The van der Waals surface area contributed by atoms with Crippen LogP contribution in [0.3, 0.4) is 0 Å². The van der Waals surface area contributed by atoms with E-state index in [9.17, 15) is 9.90 Å². The van der Waals surface area contributed by atoms with Crippen LogP contribution in [-0.4, -0.2) is 39.0 Å². The van der Waals surface area contributed by atoms with Crippen molar-refractivity contribution in [2.75, 3.05) is 27.9 Å². The molecular weight excluding hydrogens is 236 g/mol.